The van der Waals surface area contributed by atoms with E-state index < -0.39 is 0 Å². The Kier molecular flexibility index (Phi) is 6.10. The molecule has 0 unspecified atom stereocenters. The number of aromatic amines is 1. The van der Waals surface area contributed by atoms with Crippen LogP contribution < -0.4 is 16.2 Å². The van der Waals surface area contributed by atoms with E-state index in [1.165, 1.54) is 17.8 Å². The zero-order valence-corrected chi connectivity index (χ0v) is 13.7. The third-order valence-electron chi connectivity index (χ3n) is 2.71. The first kappa shape index (κ1) is 16.9. The number of anilines is 1. The molecule has 0 fully saturated rings. The third-order valence-corrected chi connectivity index (χ3v) is 3.58. The van der Waals surface area contributed by atoms with Gasteiger partial charge in [0.15, 0.2) is 5.16 Å². The van der Waals surface area contributed by atoms with Gasteiger partial charge in [0.2, 0.25) is 11.9 Å². The van der Waals surface area contributed by atoms with Crippen LogP contribution in [-0.2, 0) is 4.79 Å². The number of aromatic nitrogens is 4. The first-order valence-corrected chi connectivity index (χ1v) is 8.02. The molecule has 0 radical (unpaired) electrons. The van der Waals surface area contributed by atoms with Crippen molar-refractivity contribution in [2.75, 3.05) is 24.2 Å². The number of nitrogens with one attached hydrogen (secondary N) is 3. The van der Waals surface area contributed by atoms with Gasteiger partial charge in [-0.15, -0.1) is 0 Å². The van der Waals surface area contributed by atoms with Crippen molar-refractivity contribution in [2.45, 2.75) is 19.0 Å². The Morgan fingerprint density at radius 3 is 2.83 bits per heavy atom. The molecule has 0 bridgehead atoms. The van der Waals surface area contributed by atoms with Gasteiger partial charge in [-0.3, -0.25) is 14.6 Å². The lowest BCUT2D eigenvalue weighted by Gasteiger charge is -2.07. The van der Waals surface area contributed by atoms with Crippen molar-refractivity contribution in [3.63, 3.8) is 0 Å². The van der Waals surface area contributed by atoms with E-state index in [2.05, 4.69) is 30.6 Å². The van der Waals surface area contributed by atoms with Crippen LogP contribution in [0.5, 0.6) is 0 Å². The quantitative estimate of drug-likeness (QED) is 0.384. The number of carbonyl (C=O) groups excluding carboxylic acids is 1. The molecule has 3 N–H and O–H groups in total. The first-order valence-electron chi connectivity index (χ1n) is 7.04. The number of aryl methyl sites for hydroxylation is 2. The Bertz CT molecular complexity index is 733. The average Bonchev–Trinajstić information content (AvgIpc) is 2.49. The average molecular weight is 334 g/mol. The van der Waals surface area contributed by atoms with Gasteiger partial charge in [-0.05, 0) is 19.9 Å². The van der Waals surface area contributed by atoms with Crippen LogP contribution in [0.2, 0.25) is 0 Å². The molecular weight excluding hydrogens is 316 g/mol. The minimum absolute atomic E-state index is 0.104. The van der Waals surface area contributed by atoms with E-state index in [4.69, 9.17) is 0 Å². The van der Waals surface area contributed by atoms with Gasteiger partial charge in [-0.2, -0.15) is 0 Å². The molecule has 0 aliphatic heterocycles. The van der Waals surface area contributed by atoms with Crippen LogP contribution in [0.3, 0.4) is 0 Å². The molecule has 0 saturated heterocycles. The zero-order chi connectivity index (χ0) is 16.7. The van der Waals surface area contributed by atoms with Gasteiger partial charge in [0.05, 0.1) is 5.75 Å². The molecule has 0 saturated carbocycles. The molecule has 0 spiro atoms. The van der Waals surface area contributed by atoms with Crippen molar-refractivity contribution in [2.24, 2.45) is 0 Å². The van der Waals surface area contributed by atoms with E-state index in [0.29, 0.717) is 29.9 Å². The second-order valence-electron chi connectivity index (χ2n) is 4.78. The van der Waals surface area contributed by atoms with Crippen LogP contribution >= 0.6 is 11.8 Å². The highest BCUT2D eigenvalue weighted by molar-refractivity contribution is 7.99. The van der Waals surface area contributed by atoms with Crippen LogP contribution in [0.25, 0.3) is 0 Å². The van der Waals surface area contributed by atoms with Gasteiger partial charge in [-0.1, -0.05) is 11.8 Å². The molecule has 0 atom stereocenters. The van der Waals surface area contributed by atoms with Gasteiger partial charge in [0, 0.05) is 36.7 Å². The second kappa shape index (κ2) is 8.28. The molecule has 2 aromatic rings. The summed E-state index contributed by atoms with van der Waals surface area (Å²) in [4.78, 5) is 38.0. The molecule has 0 aliphatic rings. The van der Waals surface area contributed by atoms with E-state index in [-0.39, 0.29) is 17.2 Å². The number of rotatable bonds is 7. The summed E-state index contributed by atoms with van der Waals surface area (Å²) in [6.45, 7) is 4.50. The minimum atomic E-state index is -0.210. The fraction of sp³-hybridized carbons (Fsp3) is 0.357. The number of carbonyl (C=O) groups is 1. The smallest absolute Gasteiger partial charge is 0.252 e. The van der Waals surface area contributed by atoms with Crippen molar-refractivity contribution < 1.29 is 4.79 Å². The second-order valence-corrected chi connectivity index (χ2v) is 5.72. The third kappa shape index (κ3) is 6.07. The van der Waals surface area contributed by atoms with E-state index >= 15 is 0 Å². The predicted molar refractivity (Wildman–Crippen MR) is 88.6 cm³/mol. The summed E-state index contributed by atoms with van der Waals surface area (Å²) in [6.07, 6.45) is 1.67. The van der Waals surface area contributed by atoms with Crippen LogP contribution in [0.15, 0.2) is 28.3 Å². The molecule has 122 valence electrons. The SMILES string of the molecule is Cc1ccnc(SCC(=O)NCCNc2nc(C)cc(=O)[nH]2)n1. The number of nitrogens with zero attached hydrogens (tertiary/aromatic N) is 3. The lowest BCUT2D eigenvalue weighted by molar-refractivity contribution is -0.118. The summed E-state index contributed by atoms with van der Waals surface area (Å²) >= 11 is 1.29. The van der Waals surface area contributed by atoms with Gasteiger partial charge in [0.1, 0.15) is 0 Å². The largest absolute Gasteiger partial charge is 0.354 e. The maximum atomic E-state index is 11.7. The Hall–Kier alpha value is -2.42. The van der Waals surface area contributed by atoms with Crippen LogP contribution in [-0.4, -0.2) is 44.7 Å². The summed E-state index contributed by atoms with van der Waals surface area (Å²) < 4.78 is 0. The summed E-state index contributed by atoms with van der Waals surface area (Å²) in [7, 11) is 0. The van der Waals surface area contributed by atoms with E-state index in [0.717, 1.165) is 5.69 Å². The van der Waals surface area contributed by atoms with Crippen LogP contribution in [0.1, 0.15) is 11.4 Å². The van der Waals surface area contributed by atoms with Crippen LogP contribution in [0.4, 0.5) is 5.95 Å². The number of thioether (sulfide) groups is 1. The van der Waals surface area contributed by atoms with Crippen molar-refractivity contribution in [3.05, 3.63) is 40.1 Å². The highest BCUT2D eigenvalue weighted by atomic mass is 32.2. The standard InChI is InChI=1S/C14H18N6O2S/c1-9-3-4-17-14(19-9)23-8-12(22)15-5-6-16-13-18-10(2)7-11(21)20-13/h3-4,7H,5-6,8H2,1-2H3,(H,15,22)(H2,16,18,20,21). The lowest BCUT2D eigenvalue weighted by Crippen LogP contribution is -2.30. The molecule has 2 rings (SSSR count). The normalized spacial score (nSPS) is 10.3. The molecule has 0 aromatic carbocycles. The molecule has 0 aliphatic carbocycles. The van der Waals surface area contributed by atoms with Crippen molar-refractivity contribution in [1.29, 1.82) is 0 Å². The van der Waals surface area contributed by atoms with E-state index in [1.54, 1.807) is 19.2 Å². The van der Waals surface area contributed by atoms with Crippen molar-refractivity contribution >= 4 is 23.6 Å². The summed E-state index contributed by atoms with van der Waals surface area (Å²) in [5.41, 5.74) is 1.29. The first-order chi connectivity index (χ1) is 11.0. The monoisotopic (exact) mass is 334 g/mol. The topological polar surface area (TPSA) is 113 Å². The zero-order valence-electron chi connectivity index (χ0n) is 12.9. The highest BCUT2D eigenvalue weighted by Crippen LogP contribution is 2.11. The maximum absolute atomic E-state index is 11.7. The van der Waals surface area contributed by atoms with E-state index in [1.807, 2.05) is 6.92 Å². The van der Waals surface area contributed by atoms with Crippen molar-refractivity contribution in [1.82, 2.24) is 25.3 Å². The molecule has 2 aromatic heterocycles. The van der Waals surface area contributed by atoms with E-state index in [9.17, 15) is 9.59 Å². The lowest BCUT2D eigenvalue weighted by atomic mass is 10.4. The number of hydrogen-bond donors (Lipinski definition) is 3. The molecule has 1 amide bonds. The van der Waals surface area contributed by atoms with Crippen molar-refractivity contribution in [3.8, 4) is 0 Å². The fourth-order valence-electron chi connectivity index (χ4n) is 1.72. The summed E-state index contributed by atoms with van der Waals surface area (Å²) in [5.74, 6) is 0.544. The fourth-order valence-corrected chi connectivity index (χ4v) is 2.43. The Balaban J connectivity index is 1.67. The molecule has 23 heavy (non-hydrogen) atoms. The highest BCUT2D eigenvalue weighted by Gasteiger charge is 2.04. The van der Waals surface area contributed by atoms with Crippen LogP contribution in [0, 0.1) is 13.8 Å². The summed E-state index contributed by atoms with van der Waals surface area (Å²) in [6, 6.07) is 3.22. The van der Waals surface area contributed by atoms with Gasteiger partial charge >= 0.3 is 0 Å². The number of H-pyrrole nitrogens is 1. The molecular formula is C14H18N6O2S. The van der Waals surface area contributed by atoms with Gasteiger partial charge in [-0.25, -0.2) is 15.0 Å². The Morgan fingerprint density at radius 2 is 2.09 bits per heavy atom. The predicted octanol–water partition coefficient (Wildman–Crippen LogP) is 0.497. The summed E-state index contributed by atoms with van der Waals surface area (Å²) in [5, 5.41) is 6.30. The maximum Gasteiger partial charge on any atom is 0.252 e. The van der Waals surface area contributed by atoms with Gasteiger partial charge < -0.3 is 10.6 Å². The van der Waals surface area contributed by atoms with Gasteiger partial charge in [0.25, 0.3) is 5.56 Å². The minimum Gasteiger partial charge on any atom is -0.354 e. The molecule has 2 heterocycles. The number of amides is 1. The molecule has 8 nitrogen and oxygen atoms in total. The Labute approximate surface area is 137 Å². The Morgan fingerprint density at radius 1 is 1.26 bits per heavy atom. The number of hydrogen-bond acceptors (Lipinski definition) is 7. The molecule has 9 heteroatoms.